The van der Waals surface area contributed by atoms with Crippen molar-refractivity contribution in [3.8, 4) is 0 Å². The van der Waals surface area contributed by atoms with Crippen LogP contribution < -0.4 is 5.32 Å². The predicted molar refractivity (Wildman–Crippen MR) is 88.9 cm³/mol. The van der Waals surface area contributed by atoms with Crippen molar-refractivity contribution >= 4 is 35.1 Å². The van der Waals surface area contributed by atoms with Crippen molar-refractivity contribution in [3.63, 3.8) is 0 Å². The highest BCUT2D eigenvalue weighted by atomic mass is 35.5. The maximum absolute atomic E-state index is 12.4. The second-order valence-corrected chi connectivity index (χ2v) is 7.47. The first-order valence-corrected chi connectivity index (χ1v) is 8.75. The van der Waals surface area contributed by atoms with Gasteiger partial charge in [-0.2, -0.15) is 0 Å². The van der Waals surface area contributed by atoms with Gasteiger partial charge in [-0.15, -0.1) is 0 Å². The normalized spacial score (nSPS) is 31.8. The molecule has 6 nitrogen and oxygen atoms in total. The number of amides is 1. The lowest BCUT2D eigenvalue weighted by Crippen LogP contribution is -2.35. The Labute approximate surface area is 149 Å². The van der Waals surface area contributed by atoms with E-state index in [2.05, 4.69) is 5.32 Å². The highest BCUT2D eigenvalue weighted by molar-refractivity contribution is 6.31. The Morgan fingerprint density at radius 2 is 2.16 bits per heavy atom. The summed E-state index contributed by atoms with van der Waals surface area (Å²) in [5.74, 6) is -1.82. The van der Waals surface area contributed by atoms with Crippen LogP contribution >= 0.6 is 11.6 Å². The molecule has 5 atom stereocenters. The number of hydrogen-bond acceptors (Lipinski definition) is 5. The van der Waals surface area contributed by atoms with Gasteiger partial charge in [0.25, 0.3) is 5.91 Å². The first-order chi connectivity index (χ1) is 11.9. The number of anilines is 1. The van der Waals surface area contributed by atoms with Gasteiger partial charge in [0, 0.05) is 16.6 Å². The van der Waals surface area contributed by atoms with E-state index in [9.17, 15) is 14.4 Å². The molecule has 0 radical (unpaired) electrons. The molecule has 1 aliphatic heterocycles. The fraction of sp³-hybridized carbons (Fsp3) is 0.500. The van der Waals surface area contributed by atoms with E-state index in [1.165, 1.54) is 0 Å². The van der Waals surface area contributed by atoms with Crippen molar-refractivity contribution in [1.29, 1.82) is 0 Å². The summed E-state index contributed by atoms with van der Waals surface area (Å²) in [5.41, 5.74) is 1.44. The van der Waals surface area contributed by atoms with E-state index in [1.807, 2.05) is 6.92 Å². The Kier molecular flexibility index (Phi) is 3.95. The number of carbonyl (C=O) groups excluding carboxylic acids is 3. The molecule has 3 fully saturated rings. The van der Waals surface area contributed by atoms with E-state index in [-0.39, 0.29) is 30.5 Å². The van der Waals surface area contributed by atoms with Crippen LogP contribution in [0.15, 0.2) is 18.2 Å². The smallest absolute Gasteiger partial charge is 0.310 e. The SMILES string of the molecule is Cc1ccc(Cl)cc1NC(=O)COC(=O)[C@@H]1[C@H]2C[C@@H]3[C@@H]1C(=O)O[C@@H]3C2. The molecule has 2 saturated carbocycles. The molecule has 0 unspecified atom stereocenters. The minimum Gasteiger partial charge on any atom is -0.462 e. The summed E-state index contributed by atoms with van der Waals surface area (Å²) < 4.78 is 10.5. The largest absolute Gasteiger partial charge is 0.462 e. The molecule has 0 spiro atoms. The number of rotatable bonds is 4. The third-order valence-corrected chi connectivity index (χ3v) is 5.81. The van der Waals surface area contributed by atoms with Gasteiger partial charge in [0.15, 0.2) is 6.61 Å². The molecule has 2 aliphatic carbocycles. The molecule has 132 valence electrons. The molecule has 3 aliphatic rings. The number of fused-ring (bicyclic) bond motifs is 1. The van der Waals surface area contributed by atoms with Gasteiger partial charge in [0.05, 0.1) is 11.8 Å². The molecule has 4 rings (SSSR count). The van der Waals surface area contributed by atoms with Crippen LogP contribution in [0.1, 0.15) is 18.4 Å². The number of aryl methyl sites for hydroxylation is 1. The standard InChI is InChI=1S/C18H18ClNO5/c1-8-2-3-10(19)6-12(8)20-14(21)7-24-17(22)15-9-4-11-13(5-9)25-18(23)16(11)15/h2-3,6,9,11,13,15-16H,4-5,7H2,1H3,(H,20,21)/t9-,11-,13+,15+,16-/m0/s1. The number of hydrogen-bond donors (Lipinski definition) is 1. The average molecular weight is 364 g/mol. The van der Waals surface area contributed by atoms with Crippen molar-refractivity contribution in [1.82, 2.24) is 0 Å². The van der Waals surface area contributed by atoms with Gasteiger partial charge in [-0.3, -0.25) is 14.4 Å². The lowest BCUT2D eigenvalue weighted by molar-refractivity contribution is -0.157. The Balaban J connectivity index is 1.35. The number of benzene rings is 1. The second-order valence-electron chi connectivity index (χ2n) is 7.04. The van der Waals surface area contributed by atoms with Gasteiger partial charge in [0.2, 0.25) is 0 Å². The Morgan fingerprint density at radius 3 is 2.96 bits per heavy atom. The van der Waals surface area contributed by atoms with Crippen LogP contribution in [0.4, 0.5) is 5.69 Å². The average Bonchev–Trinajstić information content (AvgIpc) is 3.18. The van der Waals surface area contributed by atoms with Crippen LogP contribution in [0.3, 0.4) is 0 Å². The highest BCUT2D eigenvalue weighted by Crippen LogP contribution is 2.57. The first-order valence-electron chi connectivity index (χ1n) is 8.37. The minimum atomic E-state index is -0.479. The minimum absolute atomic E-state index is 0.0272. The van der Waals surface area contributed by atoms with Crippen LogP contribution in [-0.4, -0.2) is 30.6 Å². The fourth-order valence-corrected chi connectivity index (χ4v) is 4.65. The van der Waals surface area contributed by atoms with Gasteiger partial charge in [-0.25, -0.2) is 0 Å². The zero-order valence-electron chi connectivity index (χ0n) is 13.7. The maximum Gasteiger partial charge on any atom is 0.310 e. The van der Waals surface area contributed by atoms with Gasteiger partial charge in [-0.1, -0.05) is 17.7 Å². The van der Waals surface area contributed by atoms with Gasteiger partial charge in [0.1, 0.15) is 6.10 Å². The zero-order chi connectivity index (χ0) is 17.7. The van der Waals surface area contributed by atoms with Crippen molar-refractivity contribution < 1.29 is 23.9 Å². The van der Waals surface area contributed by atoms with Gasteiger partial charge < -0.3 is 14.8 Å². The van der Waals surface area contributed by atoms with Crippen LogP contribution in [0, 0.1) is 30.6 Å². The van der Waals surface area contributed by atoms with E-state index >= 15 is 0 Å². The van der Waals surface area contributed by atoms with Gasteiger partial charge >= 0.3 is 11.9 Å². The quantitative estimate of drug-likeness (QED) is 0.830. The van der Waals surface area contributed by atoms with E-state index < -0.39 is 23.7 Å². The summed E-state index contributed by atoms with van der Waals surface area (Å²) in [4.78, 5) is 36.4. The van der Waals surface area contributed by atoms with Crippen LogP contribution in [0.2, 0.25) is 5.02 Å². The number of halogens is 1. The third kappa shape index (κ3) is 2.78. The summed E-state index contributed by atoms with van der Waals surface area (Å²) in [5, 5.41) is 3.19. The van der Waals surface area contributed by atoms with E-state index in [1.54, 1.807) is 18.2 Å². The summed E-state index contributed by atoms with van der Waals surface area (Å²) >= 11 is 5.92. The third-order valence-electron chi connectivity index (χ3n) is 5.57. The molecule has 7 heteroatoms. The molecule has 25 heavy (non-hydrogen) atoms. The van der Waals surface area contributed by atoms with Crippen molar-refractivity contribution in [2.45, 2.75) is 25.9 Å². The summed E-state index contributed by atoms with van der Waals surface area (Å²) in [6, 6.07) is 5.16. The first kappa shape index (κ1) is 16.4. The second kappa shape index (κ2) is 6.02. The van der Waals surface area contributed by atoms with Gasteiger partial charge in [-0.05, 0) is 43.4 Å². The maximum atomic E-state index is 12.4. The van der Waals surface area contributed by atoms with E-state index in [0.29, 0.717) is 10.7 Å². The Morgan fingerprint density at radius 1 is 1.36 bits per heavy atom. The molecular weight excluding hydrogens is 346 g/mol. The van der Waals surface area contributed by atoms with Crippen molar-refractivity contribution in [3.05, 3.63) is 28.8 Å². The topological polar surface area (TPSA) is 81.7 Å². The number of carbonyl (C=O) groups is 3. The molecule has 0 aromatic heterocycles. The van der Waals surface area contributed by atoms with Crippen LogP contribution in [-0.2, 0) is 23.9 Å². The Bertz CT molecular complexity index is 762. The monoisotopic (exact) mass is 363 g/mol. The number of nitrogens with one attached hydrogen (secondary N) is 1. The van der Waals surface area contributed by atoms with Crippen molar-refractivity contribution in [2.24, 2.45) is 23.7 Å². The lowest BCUT2D eigenvalue weighted by atomic mass is 9.80. The highest BCUT2D eigenvalue weighted by Gasteiger charge is 2.64. The molecule has 1 amide bonds. The molecule has 1 heterocycles. The summed E-state index contributed by atoms with van der Waals surface area (Å²) in [6.07, 6.45) is 1.52. The Hall–Kier alpha value is -2.08. The van der Waals surface area contributed by atoms with Crippen molar-refractivity contribution in [2.75, 3.05) is 11.9 Å². The molecule has 1 N–H and O–H groups in total. The van der Waals surface area contributed by atoms with Crippen LogP contribution in [0.5, 0.6) is 0 Å². The summed E-state index contributed by atoms with van der Waals surface area (Å²) in [6.45, 7) is 1.46. The number of esters is 2. The molecule has 2 bridgehead atoms. The van der Waals surface area contributed by atoms with E-state index in [0.717, 1.165) is 18.4 Å². The molecule has 1 aromatic carbocycles. The summed E-state index contributed by atoms with van der Waals surface area (Å²) in [7, 11) is 0. The zero-order valence-corrected chi connectivity index (χ0v) is 14.4. The van der Waals surface area contributed by atoms with E-state index in [4.69, 9.17) is 21.1 Å². The number of ether oxygens (including phenoxy) is 2. The van der Waals surface area contributed by atoms with Crippen LogP contribution in [0.25, 0.3) is 0 Å². The molecule has 1 saturated heterocycles. The fourth-order valence-electron chi connectivity index (χ4n) is 4.47. The molecule has 1 aromatic rings. The lowest BCUT2D eigenvalue weighted by Gasteiger charge is -2.22. The predicted octanol–water partition coefficient (Wildman–Crippen LogP) is 2.33. The molecular formula is C18H18ClNO5.